The number of rotatable bonds is 5. The molecule has 0 atom stereocenters. The van der Waals surface area contributed by atoms with Crippen molar-refractivity contribution in [2.75, 3.05) is 0 Å². The maximum absolute atomic E-state index is 12.2. The Morgan fingerprint density at radius 2 is 2.05 bits per heavy atom. The van der Waals surface area contributed by atoms with Crippen molar-refractivity contribution in [1.29, 1.82) is 0 Å². The van der Waals surface area contributed by atoms with E-state index in [0.717, 1.165) is 0 Å². The summed E-state index contributed by atoms with van der Waals surface area (Å²) in [5, 5.41) is 9.28. The number of hydrogen-bond acceptors (Lipinski definition) is 4. The van der Waals surface area contributed by atoms with Gasteiger partial charge >= 0.3 is 0 Å². The zero-order valence-electron chi connectivity index (χ0n) is 10.1. The molecule has 0 bridgehead atoms. The maximum Gasteiger partial charge on any atom is 0.242 e. The summed E-state index contributed by atoms with van der Waals surface area (Å²) in [5.41, 5.74) is 0.928. The molecular formula is C12H11Cl2NO4S. The smallest absolute Gasteiger partial charge is 0.242 e. The molecule has 2 N–H and O–H groups in total. The van der Waals surface area contributed by atoms with Crippen molar-refractivity contribution >= 4 is 33.2 Å². The molecule has 0 aliphatic rings. The van der Waals surface area contributed by atoms with E-state index in [0.29, 0.717) is 5.56 Å². The standard InChI is InChI=1S/C12H11Cl2NO4S/c13-10-3-9(6-16)12(14)11(4-10)20(17,18)15-5-8-1-2-19-7-8/h1-4,7,15-16H,5-6H2. The SMILES string of the molecule is O=S(=O)(NCc1ccoc1)c1cc(Cl)cc(CO)c1Cl. The summed E-state index contributed by atoms with van der Waals surface area (Å²) < 4.78 is 31.6. The van der Waals surface area contributed by atoms with Gasteiger partial charge < -0.3 is 9.52 Å². The van der Waals surface area contributed by atoms with Gasteiger partial charge in [-0.2, -0.15) is 0 Å². The summed E-state index contributed by atoms with van der Waals surface area (Å²) in [6, 6.07) is 4.29. The van der Waals surface area contributed by atoms with Gasteiger partial charge in [0.15, 0.2) is 0 Å². The molecule has 5 nitrogen and oxygen atoms in total. The van der Waals surface area contributed by atoms with Gasteiger partial charge in [0, 0.05) is 17.1 Å². The van der Waals surface area contributed by atoms with Crippen LogP contribution in [-0.4, -0.2) is 13.5 Å². The van der Waals surface area contributed by atoms with Crippen LogP contribution < -0.4 is 4.72 Å². The Labute approximate surface area is 126 Å². The van der Waals surface area contributed by atoms with Crippen LogP contribution in [0.2, 0.25) is 10.0 Å². The van der Waals surface area contributed by atoms with Crippen LogP contribution in [0.4, 0.5) is 0 Å². The van der Waals surface area contributed by atoms with E-state index in [2.05, 4.69) is 4.72 Å². The van der Waals surface area contributed by atoms with Gasteiger partial charge in [-0.25, -0.2) is 13.1 Å². The molecule has 0 fully saturated rings. The molecule has 0 radical (unpaired) electrons. The van der Waals surface area contributed by atoms with Crippen molar-refractivity contribution < 1.29 is 17.9 Å². The van der Waals surface area contributed by atoms with Gasteiger partial charge in [-0.1, -0.05) is 23.2 Å². The van der Waals surface area contributed by atoms with Crippen molar-refractivity contribution in [1.82, 2.24) is 4.72 Å². The number of hydrogen-bond donors (Lipinski definition) is 2. The number of aliphatic hydroxyl groups is 1. The normalized spacial score (nSPS) is 11.8. The van der Waals surface area contributed by atoms with Crippen molar-refractivity contribution in [2.24, 2.45) is 0 Å². The quantitative estimate of drug-likeness (QED) is 0.879. The molecule has 2 aromatic rings. The summed E-state index contributed by atoms with van der Waals surface area (Å²) in [6.07, 6.45) is 2.88. The van der Waals surface area contributed by atoms with E-state index >= 15 is 0 Å². The van der Waals surface area contributed by atoms with Gasteiger partial charge in [-0.3, -0.25) is 0 Å². The molecular weight excluding hydrogens is 325 g/mol. The highest BCUT2D eigenvalue weighted by Gasteiger charge is 2.21. The van der Waals surface area contributed by atoms with Crippen molar-refractivity contribution in [3.63, 3.8) is 0 Å². The highest BCUT2D eigenvalue weighted by atomic mass is 35.5. The molecule has 1 aromatic heterocycles. The van der Waals surface area contributed by atoms with E-state index in [-0.39, 0.29) is 27.0 Å². The first-order valence-electron chi connectivity index (χ1n) is 5.53. The van der Waals surface area contributed by atoms with Crippen molar-refractivity contribution in [3.8, 4) is 0 Å². The molecule has 1 heterocycles. The Morgan fingerprint density at radius 3 is 2.65 bits per heavy atom. The second kappa shape index (κ2) is 6.15. The van der Waals surface area contributed by atoms with Gasteiger partial charge in [0.1, 0.15) is 4.90 Å². The molecule has 0 aliphatic heterocycles. The lowest BCUT2D eigenvalue weighted by atomic mass is 10.2. The molecule has 0 saturated heterocycles. The summed E-state index contributed by atoms with van der Waals surface area (Å²) >= 11 is 11.8. The van der Waals surface area contributed by atoms with Crippen LogP contribution in [0.25, 0.3) is 0 Å². The Hall–Kier alpha value is -1.05. The van der Waals surface area contributed by atoms with Gasteiger partial charge in [-0.05, 0) is 23.8 Å². The Morgan fingerprint density at radius 1 is 1.30 bits per heavy atom. The van der Waals surface area contributed by atoms with E-state index in [1.807, 2.05) is 0 Å². The zero-order chi connectivity index (χ0) is 14.8. The van der Waals surface area contributed by atoms with Gasteiger partial charge in [0.05, 0.1) is 24.2 Å². The molecule has 0 unspecified atom stereocenters. The predicted molar refractivity (Wildman–Crippen MR) is 75.1 cm³/mol. The van der Waals surface area contributed by atoms with E-state index in [4.69, 9.17) is 32.7 Å². The Bertz CT molecular complexity index is 698. The first-order valence-corrected chi connectivity index (χ1v) is 7.77. The van der Waals surface area contributed by atoms with Crippen molar-refractivity contribution in [2.45, 2.75) is 18.0 Å². The molecule has 0 amide bonds. The minimum Gasteiger partial charge on any atom is -0.472 e. The first-order chi connectivity index (χ1) is 9.44. The van der Waals surface area contributed by atoms with Crippen LogP contribution in [0.5, 0.6) is 0 Å². The summed E-state index contributed by atoms with van der Waals surface area (Å²) in [7, 11) is -3.84. The monoisotopic (exact) mass is 335 g/mol. The van der Waals surface area contributed by atoms with E-state index in [1.54, 1.807) is 6.07 Å². The van der Waals surface area contributed by atoms with E-state index in [1.165, 1.54) is 24.7 Å². The van der Waals surface area contributed by atoms with Crippen LogP contribution in [0, 0.1) is 0 Å². The number of nitrogens with one attached hydrogen (secondary N) is 1. The second-order valence-electron chi connectivity index (χ2n) is 3.99. The van der Waals surface area contributed by atoms with E-state index in [9.17, 15) is 8.42 Å². The average molecular weight is 336 g/mol. The molecule has 0 aliphatic carbocycles. The number of halogens is 2. The van der Waals surface area contributed by atoms with Gasteiger partial charge in [0.25, 0.3) is 0 Å². The third kappa shape index (κ3) is 3.34. The largest absolute Gasteiger partial charge is 0.472 e. The number of furan rings is 1. The third-order valence-electron chi connectivity index (χ3n) is 2.59. The van der Waals surface area contributed by atoms with Gasteiger partial charge in [0.2, 0.25) is 10.0 Å². The number of sulfonamides is 1. The lowest BCUT2D eigenvalue weighted by molar-refractivity contribution is 0.281. The van der Waals surface area contributed by atoms with Gasteiger partial charge in [-0.15, -0.1) is 0 Å². The van der Waals surface area contributed by atoms with Crippen LogP contribution in [-0.2, 0) is 23.2 Å². The first kappa shape index (κ1) is 15.3. The molecule has 108 valence electrons. The van der Waals surface area contributed by atoms with Crippen LogP contribution in [0.1, 0.15) is 11.1 Å². The third-order valence-corrected chi connectivity index (χ3v) is 4.79. The molecule has 8 heteroatoms. The molecule has 20 heavy (non-hydrogen) atoms. The Kier molecular flexibility index (Phi) is 4.72. The lowest BCUT2D eigenvalue weighted by Gasteiger charge is -2.10. The van der Waals surface area contributed by atoms with Crippen LogP contribution >= 0.6 is 23.2 Å². The molecule has 1 aromatic carbocycles. The number of benzene rings is 1. The Balaban J connectivity index is 2.31. The van der Waals surface area contributed by atoms with Crippen LogP contribution in [0.3, 0.4) is 0 Å². The fourth-order valence-electron chi connectivity index (χ4n) is 1.58. The second-order valence-corrected chi connectivity index (χ2v) is 6.54. The molecule has 0 spiro atoms. The minimum atomic E-state index is -3.84. The molecule has 0 saturated carbocycles. The predicted octanol–water partition coefficient (Wildman–Crippen LogP) is 2.56. The van der Waals surface area contributed by atoms with Crippen LogP contribution in [0.15, 0.2) is 40.0 Å². The topological polar surface area (TPSA) is 79.5 Å². The fraction of sp³-hybridized carbons (Fsp3) is 0.167. The van der Waals surface area contributed by atoms with Crippen molar-refractivity contribution in [3.05, 3.63) is 51.9 Å². The zero-order valence-corrected chi connectivity index (χ0v) is 12.5. The summed E-state index contributed by atoms with van der Waals surface area (Å²) in [4.78, 5) is -0.167. The number of aliphatic hydroxyl groups excluding tert-OH is 1. The van der Waals surface area contributed by atoms with E-state index < -0.39 is 16.6 Å². The molecule has 2 rings (SSSR count). The minimum absolute atomic E-state index is 0.0448. The fourth-order valence-corrected chi connectivity index (χ4v) is 3.52. The summed E-state index contributed by atoms with van der Waals surface area (Å²) in [6.45, 7) is -0.334. The summed E-state index contributed by atoms with van der Waals surface area (Å²) in [5.74, 6) is 0. The highest BCUT2D eigenvalue weighted by Crippen LogP contribution is 2.29. The lowest BCUT2D eigenvalue weighted by Crippen LogP contribution is -2.23. The average Bonchev–Trinajstić information content (AvgIpc) is 2.92. The maximum atomic E-state index is 12.2. The highest BCUT2D eigenvalue weighted by molar-refractivity contribution is 7.89.